The molecule has 1 unspecified atom stereocenters. The van der Waals surface area contributed by atoms with Crippen molar-refractivity contribution in [2.45, 2.75) is 46.8 Å². The summed E-state index contributed by atoms with van der Waals surface area (Å²) >= 11 is 0. The van der Waals surface area contributed by atoms with Crippen molar-refractivity contribution in [3.63, 3.8) is 0 Å². The molecule has 0 N–H and O–H groups in total. The van der Waals surface area contributed by atoms with E-state index >= 15 is 0 Å². The first-order chi connectivity index (χ1) is 12.7. The SMILES string of the molecule is Cc1nn(CC(C)C)c(C)c1CC(=O)OC(C(=O)N(C)C)c1ccccc1. The summed E-state index contributed by atoms with van der Waals surface area (Å²) < 4.78 is 7.53. The van der Waals surface area contributed by atoms with Crippen LogP contribution >= 0.6 is 0 Å². The Bertz CT molecular complexity index is 795. The van der Waals surface area contributed by atoms with Gasteiger partial charge >= 0.3 is 5.97 Å². The predicted octanol–water partition coefficient (Wildman–Crippen LogP) is 3.07. The van der Waals surface area contributed by atoms with Crippen LogP contribution in [0.2, 0.25) is 0 Å². The summed E-state index contributed by atoms with van der Waals surface area (Å²) in [7, 11) is 3.30. The summed E-state index contributed by atoms with van der Waals surface area (Å²) in [5.41, 5.74) is 3.31. The smallest absolute Gasteiger partial charge is 0.311 e. The minimum atomic E-state index is -0.944. The predicted molar refractivity (Wildman–Crippen MR) is 104 cm³/mol. The molecule has 1 aromatic heterocycles. The Labute approximate surface area is 161 Å². The van der Waals surface area contributed by atoms with Crippen LogP contribution in [0.15, 0.2) is 30.3 Å². The number of benzene rings is 1. The number of amides is 1. The Kier molecular flexibility index (Phi) is 6.77. The van der Waals surface area contributed by atoms with Crippen molar-refractivity contribution >= 4 is 11.9 Å². The molecule has 27 heavy (non-hydrogen) atoms. The van der Waals surface area contributed by atoms with Gasteiger partial charge in [0.2, 0.25) is 6.10 Å². The van der Waals surface area contributed by atoms with E-state index < -0.39 is 12.1 Å². The normalized spacial score (nSPS) is 12.1. The van der Waals surface area contributed by atoms with E-state index in [0.717, 1.165) is 23.5 Å². The fourth-order valence-electron chi connectivity index (χ4n) is 2.95. The highest BCUT2D eigenvalue weighted by molar-refractivity contribution is 5.85. The Hall–Kier alpha value is -2.63. The maximum Gasteiger partial charge on any atom is 0.311 e. The van der Waals surface area contributed by atoms with Crippen molar-refractivity contribution in [1.29, 1.82) is 0 Å². The number of rotatable bonds is 7. The van der Waals surface area contributed by atoms with E-state index in [4.69, 9.17) is 4.74 Å². The van der Waals surface area contributed by atoms with Gasteiger partial charge in [-0.3, -0.25) is 14.3 Å². The molecule has 2 aromatic rings. The number of esters is 1. The zero-order chi connectivity index (χ0) is 20.1. The third kappa shape index (κ3) is 5.18. The second kappa shape index (κ2) is 8.84. The number of nitrogens with zero attached hydrogens (tertiary/aromatic N) is 3. The lowest BCUT2D eigenvalue weighted by Gasteiger charge is -2.21. The Morgan fingerprint density at radius 2 is 1.78 bits per heavy atom. The molecule has 1 heterocycles. The van der Waals surface area contributed by atoms with Crippen LogP contribution in [0.25, 0.3) is 0 Å². The maximum absolute atomic E-state index is 12.6. The third-order valence-electron chi connectivity index (χ3n) is 4.41. The van der Waals surface area contributed by atoms with Crippen LogP contribution in [0.4, 0.5) is 0 Å². The van der Waals surface area contributed by atoms with Crippen molar-refractivity contribution in [3.05, 3.63) is 52.8 Å². The highest BCUT2D eigenvalue weighted by Gasteiger charge is 2.27. The van der Waals surface area contributed by atoms with Crippen molar-refractivity contribution in [2.75, 3.05) is 14.1 Å². The molecule has 0 bridgehead atoms. The van der Waals surface area contributed by atoms with Crippen LogP contribution in [0.3, 0.4) is 0 Å². The standard InChI is InChI=1S/C21H29N3O3/c1-14(2)13-24-16(4)18(15(3)22-24)12-19(25)27-20(21(26)23(5)6)17-10-8-7-9-11-17/h7-11,14,20H,12-13H2,1-6H3. The molecule has 0 aliphatic rings. The van der Waals surface area contributed by atoms with E-state index in [9.17, 15) is 9.59 Å². The van der Waals surface area contributed by atoms with Gasteiger partial charge in [-0.2, -0.15) is 5.10 Å². The van der Waals surface area contributed by atoms with Crippen LogP contribution in [0, 0.1) is 19.8 Å². The second-order valence-corrected chi connectivity index (χ2v) is 7.42. The molecule has 146 valence electrons. The first kappa shape index (κ1) is 20.7. The third-order valence-corrected chi connectivity index (χ3v) is 4.41. The largest absolute Gasteiger partial charge is 0.447 e. The fraction of sp³-hybridized carbons (Fsp3) is 0.476. The fourth-order valence-corrected chi connectivity index (χ4v) is 2.95. The summed E-state index contributed by atoms with van der Waals surface area (Å²) in [6, 6.07) is 9.08. The van der Waals surface area contributed by atoms with Crippen molar-refractivity contribution in [2.24, 2.45) is 5.92 Å². The van der Waals surface area contributed by atoms with E-state index in [1.165, 1.54) is 4.90 Å². The van der Waals surface area contributed by atoms with Crippen molar-refractivity contribution in [3.8, 4) is 0 Å². The zero-order valence-corrected chi connectivity index (χ0v) is 17.0. The Morgan fingerprint density at radius 3 is 2.33 bits per heavy atom. The second-order valence-electron chi connectivity index (χ2n) is 7.42. The summed E-state index contributed by atoms with van der Waals surface area (Å²) in [5, 5.41) is 4.54. The van der Waals surface area contributed by atoms with Crippen LogP contribution in [0.5, 0.6) is 0 Å². The van der Waals surface area contributed by atoms with Gasteiger partial charge in [0.25, 0.3) is 5.91 Å². The molecule has 0 saturated heterocycles. The van der Waals surface area contributed by atoms with Gasteiger partial charge in [0.1, 0.15) is 0 Å². The molecule has 0 aliphatic carbocycles. The lowest BCUT2D eigenvalue weighted by atomic mass is 10.1. The number of carbonyl (C=O) groups excluding carboxylic acids is 2. The molecular formula is C21H29N3O3. The van der Waals surface area contributed by atoms with Crippen LogP contribution < -0.4 is 0 Å². The van der Waals surface area contributed by atoms with Gasteiger partial charge in [0.15, 0.2) is 0 Å². The van der Waals surface area contributed by atoms with Gasteiger partial charge in [0, 0.05) is 37.5 Å². The lowest BCUT2D eigenvalue weighted by molar-refractivity contribution is -0.159. The highest BCUT2D eigenvalue weighted by Crippen LogP contribution is 2.22. The molecule has 0 aliphatic heterocycles. The Balaban J connectivity index is 2.19. The van der Waals surface area contributed by atoms with E-state index in [1.807, 2.05) is 36.7 Å². The molecule has 0 radical (unpaired) electrons. The molecule has 1 atom stereocenters. The topological polar surface area (TPSA) is 64.4 Å². The van der Waals surface area contributed by atoms with Gasteiger partial charge < -0.3 is 9.64 Å². The van der Waals surface area contributed by atoms with E-state index in [0.29, 0.717) is 11.5 Å². The van der Waals surface area contributed by atoms with Gasteiger partial charge in [0.05, 0.1) is 12.1 Å². The van der Waals surface area contributed by atoms with Crippen LogP contribution in [0.1, 0.15) is 42.5 Å². The van der Waals surface area contributed by atoms with E-state index in [-0.39, 0.29) is 12.3 Å². The molecular weight excluding hydrogens is 342 g/mol. The molecule has 1 aromatic carbocycles. The summed E-state index contributed by atoms with van der Waals surface area (Å²) in [5.74, 6) is -0.240. The quantitative estimate of drug-likeness (QED) is 0.702. The zero-order valence-electron chi connectivity index (χ0n) is 17.0. The summed E-state index contributed by atoms with van der Waals surface area (Å²) in [6.45, 7) is 8.91. The number of hydrogen-bond acceptors (Lipinski definition) is 4. The summed E-state index contributed by atoms with van der Waals surface area (Å²) in [4.78, 5) is 26.6. The Morgan fingerprint density at radius 1 is 1.15 bits per heavy atom. The van der Waals surface area contributed by atoms with Gasteiger partial charge in [-0.25, -0.2) is 0 Å². The van der Waals surface area contributed by atoms with E-state index in [2.05, 4.69) is 18.9 Å². The van der Waals surface area contributed by atoms with Crippen molar-refractivity contribution < 1.29 is 14.3 Å². The number of likely N-dealkylation sites (N-methyl/N-ethyl adjacent to an activating group) is 1. The van der Waals surface area contributed by atoms with E-state index in [1.54, 1.807) is 26.2 Å². The molecule has 0 fully saturated rings. The highest BCUT2D eigenvalue weighted by atomic mass is 16.5. The lowest BCUT2D eigenvalue weighted by Crippen LogP contribution is -2.31. The minimum Gasteiger partial charge on any atom is -0.447 e. The molecule has 6 nitrogen and oxygen atoms in total. The molecule has 6 heteroatoms. The monoisotopic (exact) mass is 371 g/mol. The summed E-state index contributed by atoms with van der Waals surface area (Å²) in [6.07, 6.45) is -0.847. The van der Waals surface area contributed by atoms with Gasteiger partial charge in [-0.1, -0.05) is 44.2 Å². The number of carbonyl (C=O) groups is 2. The average Bonchev–Trinajstić information content (AvgIpc) is 2.86. The number of aromatic nitrogens is 2. The first-order valence-electron chi connectivity index (χ1n) is 9.19. The number of aryl methyl sites for hydroxylation is 1. The van der Waals surface area contributed by atoms with Gasteiger partial charge in [-0.05, 0) is 19.8 Å². The molecule has 0 saturated carbocycles. The molecule has 0 spiro atoms. The van der Waals surface area contributed by atoms with Crippen molar-refractivity contribution in [1.82, 2.24) is 14.7 Å². The van der Waals surface area contributed by atoms with Gasteiger partial charge in [-0.15, -0.1) is 0 Å². The number of ether oxygens (including phenoxy) is 1. The first-order valence-corrected chi connectivity index (χ1v) is 9.19. The van der Waals surface area contributed by atoms with Crippen LogP contribution in [-0.2, 0) is 27.3 Å². The van der Waals surface area contributed by atoms with Crippen LogP contribution in [-0.4, -0.2) is 40.7 Å². The molecule has 2 rings (SSSR count). The minimum absolute atomic E-state index is 0.0970. The number of hydrogen-bond donors (Lipinski definition) is 0. The molecule has 1 amide bonds. The average molecular weight is 371 g/mol. The maximum atomic E-state index is 12.6.